The minimum atomic E-state index is -3.10. The standard InChI is InChI=1S/C29H29N7O3S/c1-35(25-16-17-30-28(32-25)31-22-14-12-21(13-15-22)19-40(3,38)39)23-10-7-11-24-27(23)34-29(36(24)2)33-26(37)18-20-8-5-4-6-9-20/h4-17H,18-19H2,1-3H3,(H,30,31,32)(H,33,34,37). The average molecular weight is 556 g/mol. The molecule has 0 aliphatic heterocycles. The van der Waals surface area contributed by atoms with Gasteiger partial charge in [0.05, 0.1) is 23.4 Å². The van der Waals surface area contributed by atoms with Crippen LogP contribution in [0.4, 0.5) is 29.1 Å². The van der Waals surface area contributed by atoms with Crippen molar-refractivity contribution in [3.8, 4) is 0 Å². The van der Waals surface area contributed by atoms with Gasteiger partial charge in [0.25, 0.3) is 0 Å². The van der Waals surface area contributed by atoms with Crippen LogP contribution in [0, 0.1) is 0 Å². The van der Waals surface area contributed by atoms with Crippen LogP contribution in [0.5, 0.6) is 0 Å². The maximum Gasteiger partial charge on any atom is 0.231 e. The summed E-state index contributed by atoms with van der Waals surface area (Å²) in [6.07, 6.45) is 3.13. The number of sulfone groups is 1. The van der Waals surface area contributed by atoms with Crippen LogP contribution in [-0.4, -0.2) is 47.1 Å². The van der Waals surface area contributed by atoms with Crippen molar-refractivity contribution in [1.29, 1.82) is 0 Å². The molecule has 1 amide bonds. The van der Waals surface area contributed by atoms with Crippen LogP contribution in [0.1, 0.15) is 11.1 Å². The normalized spacial score (nSPS) is 11.4. The second-order valence-corrected chi connectivity index (χ2v) is 11.7. The number of aromatic nitrogens is 4. The van der Waals surface area contributed by atoms with Crippen molar-refractivity contribution in [3.05, 3.63) is 96.2 Å². The zero-order valence-corrected chi connectivity index (χ0v) is 23.2. The van der Waals surface area contributed by atoms with Crippen LogP contribution in [0.25, 0.3) is 11.0 Å². The number of anilines is 5. The highest BCUT2D eigenvalue weighted by molar-refractivity contribution is 7.89. The van der Waals surface area contributed by atoms with Crippen molar-refractivity contribution in [2.24, 2.45) is 7.05 Å². The van der Waals surface area contributed by atoms with Crippen LogP contribution in [-0.2, 0) is 33.9 Å². The van der Waals surface area contributed by atoms with Gasteiger partial charge in [-0.1, -0.05) is 48.5 Å². The first-order chi connectivity index (χ1) is 19.2. The molecular weight excluding hydrogens is 526 g/mol. The van der Waals surface area contributed by atoms with Gasteiger partial charge < -0.3 is 14.8 Å². The number of nitrogens with zero attached hydrogens (tertiary/aromatic N) is 5. The summed E-state index contributed by atoms with van der Waals surface area (Å²) in [6, 6.07) is 24.3. The number of hydrogen-bond donors (Lipinski definition) is 2. The highest BCUT2D eigenvalue weighted by atomic mass is 32.2. The van der Waals surface area contributed by atoms with Gasteiger partial charge in [-0.15, -0.1) is 0 Å². The first-order valence-electron chi connectivity index (χ1n) is 12.6. The molecular formula is C29H29N7O3S. The van der Waals surface area contributed by atoms with Gasteiger partial charge in [0.1, 0.15) is 11.3 Å². The Morgan fingerprint density at radius 2 is 1.68 bits per heavy atom. The predicted molar refractivity (Wildman–Crippen MR) is 158 cm³/mol. The third-order valence-electron chi connectivity index (χ3n) is 6.33. The third kappa shape index (κ3) is 6.26. The summed E-state index contributed by atoms with van der Waals surface area (Å²) >= 11 is 0. The number of carbonyl (C=O) groups is 1. The van der Waals surface area contributed by atoms with E-state index in [9.17, 15) is 13.2 Å². The summed E-state index contributed by atoms with van der Waals surface area (Å²) in [6.45, 7) is 0. The minimum Gasteiger partial charge on any atom is -0.327 e. The number of amides is 1. The third-order valence-corrected chi connectivity index (χ3v) is 7.19. The lowest BCUT2D eigenvalue weighted by molar-refractivity contribution is -0.115. The van der Waals surface area contributed by atoms with Crippen molar-refractivity contribution < 1.29 is 13.2 Å². The Labute approximate surface area is 232 Å². The van der Waals surface area contributed by atoms with Crippen LogP contribution < -0.4 is 15.5 Å². The van der Waals surface area contributed by atoms with E-state index in [2.05, 4.69) is 20.6 Å². The molecule has 0 saturated heterocycles. The number of aryl methyl sites for hydroxylation is 1. The smallest absolute Gasteiger partial charge is 0.231 e. The molecule has 0 radical (unpaired) electrons. The molecule has 3 aromatic carbocycles. The lowest BCUT2D eigenvalue weighted by Gasteiger charge is -2.19. The average Bonchev–Trinajstić information content (AvgIpc) is 3.24. The SMILES string of the molecule is CN(c1ccnc(Nc2ccc(CS(C)(=O)=O)cc2)n1)c1cccc2c1nc(NC(=O)Cc1ccccc1)n2C. The molecule has 0 bridgehead atoms. The van der Waals surface area contributed by atoms with E-state index in [1.54, 1.807) is 36.5 Å². The summed E-state index contributed by atoms with van der Waals surface area (Å²) in [5.41, 5.74) is 4.77. The zero-order valence-electron chi connectivity index (χ0n) is 22.4. The Morgan fingerprint density at radius 1 is 0.925 bits per heavy atom. The van der Waals surface area contributed by atoms with Crippen molar-refractivity contribution >= 4 is 55.9 Å². The number of benzene rings is 3. The van der Waals surface area contributed by atoms with E-state index in [-0.39, 0.29) is 18.1 Å². The molecule has 40 heavy (non-hydrogen) atoms. The Balaban J connectivity index is 1.35. The maximum atomic E-state index is 12.7. The fourth-order valence-electron chi connectivity index (χ4n) is 4.37. The number of carbonyl (C=O) groups excluding carboxylic acids is 1. The van der Waals surface area contributed by atoms with E-state index >= 15 is 0 Å². The summed E-state index contributed by atoms with van der Waals surface area (Å²) in [5, 5.41) is 6.10. The molecule has 204 valence electrons. The van der Waals surface area contributed by atoms with Crippen molar-refractivity contribution in [2.75, 3.05) is 28.8 Å². The van der Waals surface area contributed by atoms with E-state index in [1.807, 2.05) is 72.1 Å². The van der Waals surface area contributed by atoms with Crippen molar-refractivity contribution in [3.63, 3.8) is 0 Å². The molecule has 2 heterocycles. The first kappa shape index (κ1) is 26.8. The highest BCUT2D eigenvalue weighted by Gasteiger charge is 2.17. The monoisotopic (exact) mass is 555 g/mol. The summed E-state index contributed by atoms with van der Waals surface area (Å²) < 4.78 is 25.0. The summed E-state index contributed by atoms with van der Waals surface area (Å²) in [7, 11) is 0.654. The molecule has 0 aliphatic carbocycles. The van der Waals surface area contributed by atoms with Gasteiger partial charge in [0.2, 0.25) is 17.8 Å². The zero-order chi connectivity index (χ0) is 28.3. The molecule has 2 N–H and O–H groups in total. The summed E-state index contributed by atoms with van der Waals surface area (Å²) in [4.78, 5) is 28.3. The van der Waals surface area contributed by atoms with E-state index in [4.69, 9.17) is 4.98 Å². The van der Waals surface area contributed by atoms with Crippen LogP contribution in [0.15, 0.2) is 85.1 Å². The Kier molecular flexibility index (Phi) is 7.47. The van der Waals surface area contributed by atoms with E-state index in [1.165, 1.54) is 6.26 Å². The molecule has 5 aromatic rings. The number of rotatable bonds is 9. The maximum absolute atomic E-state index is 12.7. The van der Waals surface area contributed by atoms with E-state index in [0.29, 0.717) is 23.3 Å². The lowest BCUT2D eigenvalue weighted by Crippen LogP contribution is -2.17. The number of imidazole rings is 1. The van der Waals surface area contributed by atoms with Crippen LogP contribution in [0.2, 0.25) is 0 Å². The molecule has 0 fully saturated rings. The molecule has 11 heteroatoms. The fourth-order valence-corrected chi connectivity index (χ4v) is 5.17. The van der Waals surface area contributed by atoms with Gasteiger partial charge in [-0.05, 0) is 41.5 Å². The predicted octanol–water partition coefficient (Wildman–Crippen LogP) is 4.60. The molecule has 0 aliphatic rings. The summed E-state index contributed by atoms with van der Waals surface area (Å²) in [5.74, 6) is 1.33. The molecule has 0 saturated carbocycles. The number of hydrogen-bond acceptors (Lipinski definition) is 8. The number of para-hydroxylation sites is 1. The minimum absolute atomic E-state index is 0.0124. The van der Waals surface area contributed by atoms with Gasteiger partial charge in [0.15, 0.2) is 9.84 Å². The Hall–Kier alpha value is -4.77. The molecule has 0 spiro atoms. The van der Waals surface area contributed by atoms with Crippen molar-refractivity contribution in [2.45, 2.75) is 12.2 Å². The number of nitrogens with one attached hydrogen (secondary N) is 2. The quantitative estimate of drug-likeness (QED) is 0.271. The molecule has 0 atom stereocenters. The molecule has 2 aromatic heterocycles. The Bertz CT molecular complexity index is 1770. The van der Waals surface area contributed by atoms with Gasteiger partial charge in [-0.3, -0.25) is 10.1 Å². The van der Waals surface area contributed by atoms with Gasteiger partial charge in [0, 0.05) is 32.2 Å². The second-order valence-electron chi connectivity index (χ2n) is 9.54. The first-order valence-corrected chi connectivity index (χ1v) is 14.6. The van der Waals surface area contributed by atoms with E-state index in [0.717, 1.165) is 28.0 Å². The van der Waals surface area contributed by atoms with Crippen LogP contribution in [0.3, 0.4) is 0 Å². The largest absolute Gasteiger partial charge is 0.327 e. The van der Waals surface area contributed by atoms with Crippen molar-refractivity contribution in [1.82, 2.24) is 19.5 Å². The highest BCUT2D eigenvalue weighted by Crippen LogP contribution is 2.31. The van der Waals surface area contributed by atoms with Crippen LogP contribution >= 0.6 is 0 Å². The number of fused-ring (bicyclic) bond motifs is 1. The Morgan fingerprint density at radius 3 is 2.40 bits per heavy atom. The van der Waals surface area contributed by atoms with Gasteiger partial charge >= 0.3 is 0 Å². The fraction of sp³-hybridized carbons (Fsp3) is 0.172. The molecule has 5 rings (SSSR count). The topological polar surface area (TPSA) is 122 Å². The molecule has 10 nitrogen and oxygen atoms in total. The van der Waals surface area contributed by atoms with Gasteiger partial charge in [-0.2, -0.15) is 4.98 Å². The second kappa shape index (κ2) is 11.1. The lowest BCUT2D eigenvalue weighted by atomic mass is 10.1. The van der Waals surface area contributed by atoms with Gasteiger partial charge in [-0.25, -0.2) is 18.4 Å². The molecule has 0 unspecified atom stereocenters. The van der Waals surface area contributed by atoms with E-state index < -0.39 is 9.84 Å².